The molecule has 2 aromatic heterocycles. The monoisotopic (exact) mass is 1360 g/mol. The van der Waals surface area contributed by atoms with E-state index in [4.69, 9.17) is 43.0 Å². The van der Waals surface area contributed by atoms with Gasteiger partial charge in [0.05, 0.1) is 20.5 Å². The molecule has 1 unspecified atom stereocenters. The Morgan fingerprint density at radius 2 is 1.33 bits per heavy atom. The summed E-state index contributed by atoms with van der Waals surface area (Å²) in [5.41, 5.74) is -0.789. The highest BCUT2D eigenvalue weighted by Crippen LogP contribution is 2.47. The summed E-state index contributed by atoms with van der Waals surface area (Å²) >= 11 is 8.31. The van der Waals surface area contributed by atoms with Gasteiger partial charge in [-0.2, -0.15) is 0 Å². The number of hydrogen-bond acceptors (Lipinski definition) is 22. The highest BCUT2D eigenvalue weighted by molar-refractivity contribution is 9.10. The fourth-order valence-corrected chi connectivity index (χ4v) is 14.5. The molecule has 0 spiro atoms. The number of oxime groups is 1. The van der Waals surface area contributed by atoms with Crippen molar-refractivity contribution in [2.75, 3.05) is 30.5 Å². The van der Waals surface area contributed by atoms with Crippen LogP contribution in [0.25, 0.3) is 10.1 Å². The quantitative estimate of drug-likeness (QED) is 0.0105. The predicted octanol–water partition coefficient (Wildman–Crippen LogP) is 12.8. The highest BCUT2D eigenvalue weighted by atomic mass is 79.9. The molecule has 0 saturated carbocycles. The Balaban J connectivity index is 1.02. The summed E-state index contributed by atoms with van der Waals surface area (Å²) in [5, 5.41) is 12.0. The van der Waals surface area contributed by atoms with E-state index in [1.807, 2.05) is 91.0 Å². The molecule has 0 radical (unpaired) electrons. The van der Waals surface area contributed by atoms with Gasteiger partial charge >= 0.3 is 24.2 Å². The van der Waals surface area contributed by atoms with Crippen molar-refractivity contribution in [3.05, 3.63) is 187 Å². The summed E-state index contributed by atoms with van der Waals surface area (Å²) in [6.07, 6.45) is -2.23. The van der Waals surface area contributed by atoms with Crippen LogP contribution in [0, 0.1) is 0 Å². The largest absolute Gasteiger partial charge is 0.514 e. The lowest BCUT2D eigenvalue weighted by molar-refractivity contribution is -0.160. The summed E-state index contributed by atoms with van der Waals surface area (Å²) < 4.78 is 39.4. The van der Waals surface area contributed by atoms with Crippen molar-refractivity contribution >= 4 is 119 Å². The van der Waals surface area contributed by atoms with Gasteiger partial charge in [0.1, 0.15) is 57.5 Å². The molecule has 5 aromatic carbocycles. The molecule has 7 aromatic rings. The van der Waals surface area contributed by atoms with Crippen LogP contribution in [0.15, 0.2) is 163 Å². The minimum Gasteiger partial charge on any atom is -0.497 e. The molecule has 1 saturated heterocycles. The number of anilines is 1. The van der Waals surface area contributed by atoms with Crippen molar-refractivity contribution in [3.8, 4) is 17.2 Å². The molecule has 0 bridgehead atoms. The maximum absolute atomic E-state index is 14.8. The molecular weight excluding hydrogens is 1300 g/mol. The number of nitrogens with zero attached hydrogens (tertiary/aromatic N) is 3. The molecule has 2 aliphatic heterocycles. The van der Waals surface area contributed by atoms with Crippen molar-refractivity contribution in [3.63, 3.8) is 0 Å². The lowest BCUT2D eigenvalue weighted by Crippen LogP contribution is -2.71. The number of fused-ring (bicyclic) bond motifs is 2. The van der Waals surface area contributed by atoms with Gasteiger partial charge < -0.3 is 48.6 Å². The molecule has 2 aliphatic rings. The second-order valence-electron chi connectivity index (χ2n) is 23.3. The average Bonchev–Trinajstić information content (AvgIpc) is 0.880. The first kappa shape index (κ1) is 66.2. The van der Waals surface area contributed by atoms with Crippen molar-refractivity contribution in [1.82, 2.24) is 15.2 Å². The number of carbonyl (C=O) groups is 6. The van der Waals surface area contributed by atoms with E-state index >= 15 is 0 Å². The molecule has 20 nitrogen and oxygen atoms in total. The number of carbonyl (C=O) groups excluding carboxylic acids is 6. The van der Waals surface area contributed by atoms with Gasteiger partial charge in [0.15, 0.2) is 27.8 Å². The molecule has 470 valence electrons. The highest BCUT2D eigenvalue weighted by Gasteiger charge is 2.55. The lowest BCUT2D eigenvalue weighted by atomic mass is 9.77. The van der Waals surface area contributed by atoms with Gasteiger partial charge in [0.25, 0.3) is 11.8 Å². The lowest BCUT2D eigenvalue weighted by Gasteiger charge is -2.49. The Morgan fingerprint density at radius 3 is 1.90 bits per heavy atom. The first-order valence-electron chi connectivity index (χ1n) is 28.0. The number of thiazole rings is 1. The second-order valence-corrected chi connectivity index (χ2v) is 28.4. The fourth-order valence-electron chi connectivity index (χ4n) is 9.34. The smallest absolute Gasteiger partial charge is 0.497 e. The van der Waals surface area contributed by atoms with E-state index in [1.54, 1.807) is 92.0 Å². The van der Waals surface area contributed by atoms with Crippen LogP contribution < -0.4 is 30.3 Å². The number of amides is 2. The maximum atomic E-state index is 14.8. The number of methoxy groups -OCH3 is 1. The number of thioether (sulfide) groups is 2. The zero-order chi connectivity index (χ0) is 64.7. The third-order valence-electron chi connectivity index (χ3n) is 13.1. The Bertz CT molecular complexity index is 3860. The van der Waals surface area contributed by atoms with Gasteiger partial charge in [0.2, 0.25) is 6.61 Å². The zero-order valence-electron chi connectivity index (χ0n) is 50.7. The number of halogens is 1. The zero-order valence-corrected chi connectivity index (χ0v) is 55.5. The number of nitrogens with one attached hydrogen (secondary N) is 2. The number of ether oxygens (including phenoxy) is 7. The Kier molecular flexibility index (Phi) is 20.5. The molecule has 0 aliphatic carbocycles. The average molecular weight is 1360 g/mol. The minimum absolute atomic E-state index is 0.0508. The molecule has 9 rings (SSSR count). The van der Waals surface area contributed by atoms with Gasteiger partial charge in [-0.05, 0) is 124 Å². The number of β-lactam (4-membered cyclic amide) rings is 1. The van der Waals surface area contributed by atoms with Gasteiger partial charge in [-0.25, -0.2) is 24.2 Å². The summed E-state index contributed by atoms with van der Waals surface area (Å²) in [4.78, 5) is 109. The summed E-state index contributed by atoms with van der Waals surface area (Å²) in [7, 11) is 1.53. The van der Waals surface area contributed by atoms with Crippen LogP contribution in [-0.2, 0) is 55.1 Å². The Hall–Kier alpha value is -8.23. The third kappa shape index (κ3) is 16.0. The van der Waals surface area contributed by atoms with E-state index < -0.39 is 81.9 Å². The van der Waals surface area contributed by atoms with E-state index in [9.17, 15) is 33.6 Å². The van der Waals surface area contributed by atoms with Crippen LogP contribution in [-0.4, -0.2) is 105 Å². The van der Waals surface area contributed by atoms with E-state index in [-0.39, 0.29) is 56.6 Å². The number of hydrogen-bond donors (Lipinski definition) is 2. The van der Waals surface area contributed by atoms with Crippen LogP contribution >= 0.6 is 62.1 Å². The molecule has 2 amide bonds. The SMILES string of the molecule is COc1ccc(COC(=O)C2=C(CSc3cc(=O)c4cc(OC(=O)OC(C)(C)C)c(OC(=O)OC(C)(C)C)c(Br)c4s3)CS[C@H]3C(NC(=O)/C(=N\OCC(=O)OC(C)(C)C)c4csc(NC(c5ccccc5)(c5ccccc5)c5ccccc5)n4)C(=O)N23)cc1. The van der Waals surface area contributed by atoms with Gasteiger partial charge in [-0.15, -0.1) is 46.2 Å². The van der Waals surface area contributed by atoms with Crippen molar-refractivity contribution in [2.45, 2.75) is 107 Å². The van der Waals surface area contributed by atoms with Crippen LogP contribution in [0.4, 0.5) is 14.7 Å². The third-order valence-corrected chi connectivity index (χ3v) is 18.7. The van der Waals surface area contributed by atoms with E-state index in [1.165, 1.54) is 59.0 Å². The van der Waals surface area contributed by atoms with Crippen LogP contribution in [0.1, 0.15) is 90.3 Å². The van der Waals surface area contributed by atoms with Crippen LogP contribution in [0.5, 0.6) is 17.2 Å². The van der Waals surface area contributed by atoms with Gasteiger partial charge in [-0.3, -0.25) is 19.3 Å². The number of aromatic nitrogens is 1. The molecule has 1 fully saturated rings. The molecular formula is C65H64BrN5O15S4. The number of benzene rings is 5. The molecule has 90 heavy (non-hydrogen) atoms. The molecule has 4 heterocycles. The summed E-state index contributed by atoms with van der Waals surface area (Å²) in [6.45, 7) is 14.1. The number of rotatable bonds is 20. The topological polar surface area (TPSA) is 246 Å². The van der Waals surface area contributed by atoms with Gasteiger partial charge in [0, 0.05) is 28.3 Å². The predicted molar refractivity (Wildman–Crippen MR) is 348 cm³/mol. The van der Waals surface area contributed by atoms with Crippen molar-refractivity contribution < 1.29 is 66.8 Å². The molecule has 25 heteroatoms. The van der Waals surface area contributed by atoms with E-state index in [0.29, 0.717) is 30.9 Å². The first-order chi connectivity index (χ1) is 42.7. The number of esters is 2. The molecule has 2 atom stereocenters. The minimum atomic E-state index is -1.21. The van der Waals surface area contributed by atoms with E-state index in [0.717, 1.165) is 28.0 Å². The maximum Gasteiger partial charge on any atom is 0.514 e. The first-order valence-corrected chi connectivity index (χ1v) is 32.6. The Morgan fingerprint density at radius 1 is 0.756 bits per heavy atom. The van der Waals surface area contributed by atoms with Gasteiger partial charge in [-0.1, -0.05) is 108 Å². The standard InChI is InChI=1S/C65H64BrN5O15S4/c1-62(2,3)84-47(73)33-81-70-50(44-36-89-59(67-44)69-65(39-20-14-11-15-21-39,40-22-16-12-17-23-40)41-24-18-13-19-25-41)55(74)68-51-56(75)71-52(58(76)80-32-37-26-28-42(79-10)29-27-37)38(35-88-57(51)71)34-87-48-31-45(72)43-30-46(82-60(77)85-63(4,5)6)53(49(66)54(43)90-48)83-61(78)86-64(7,8)9/h11-31,36,51,57H,32-35H2,1-10H3,(H,67,69)(H,68,74)/b70-50-/t51?,57-/m0/s1. The summed E-state index contributed by atoms with van der Waals surface area (Å²) in [6, 6.07) is 37.9. The summed E-state index contributed by atoms with van der Waals surface area (Å²) in [5.74, 6) is -2.81. The molecule has 2 N–H and O–H groups in total. The van der Waals surface area contributed by atoms with Crippen LogP contribution in [0.2, 0.25) is 0 Å². The second kappa shape index (κ2) is 27.9. The fraction of sp³-hybridized carbons (Fsp3) is 0.308. The normalized spacial score (nSPS) is 15.2. The Labute approximate surface area is 544 Å². The van der Waals surface area contributed by atoms with Crippen molar-refractivity contribution in [1.29, 1.82) is 0 Å². The van der Waals surface area contributed by atoms with E-state index in [2.05, 4.69) is 31.7 Å². The van der Waals surface area contributed by atoms with Crippen molar-refractivity contribution in [2.24, 2.45) is 5.16 Å². The van der Waals surface area contributed by atoms with Crippen LogP contribution in [0.3, 0.4) is 0 Å².